The lowest BCUT2D eigenvalue weighted by Crippen LogP contribution is -2.55. The zero-order chi connectivity index (χ0) is 19.3. The predicted molar refractivity (Wildman–Crippen MR) is 92.9 cm³/mol. The van der Waals surface area contributed by atoms with Crippen LogP contribution in [0.25, 0.3) is 0 Å². The Bertz CT molecular complexity index is 636. The molecule has 9 nitrogen and oxygen atoms in total. The van der Waals surface area contributed by atoms with E-state index in [1.807, 2.05) is 0 Å². The first-order valence-corrected chi connectivity index (χ1v) is 10.3. The summed E-state index contributed by atoms with van der Waals surface area (Å²) in [6.07, 6.45) is 4.18. The van der Waals surface area contributed by atoms with Crippen molar-refractivity contribution in [2.24, 2.45) is 11.8 Å². The molecule has 0 aromatic carbocycles. The van der Waals surface area contributed by atoms with Gasteiger partial charge in [0.1, 0.15) is 6.04 Å². The second-order valence-corrected chi connectivity index (χ2v) is 8.56. The first-order chi connectivity index (χ1) is 12.2. The van der Waals surface area contributed by atoms with Crippen molar-refractivity contribution in [1.29, 1.82) is 0 Å². The first kappa shape index (κ1) is 20.6. The van der Waals surface area contributed by atoms with Gasteiger partial charge in [-0.25, -0.2) is 4.72 Å². The van der Waals surface area contributed by atoms with Crippen molar-refractivity contribution in [2.75, 3.05) is 20.2 Å². The van der Waals surface area contributed by atoms with Gasteiger partial charge in [0.25, 0.3) is 5.91 Å². The molecule has 10 heteroatoms. The monoisotopic (exact) mass is 389 g/mol. The highest BCUT2D eigenvalue weighted by atomic mass is 32.2. The van der Waals surface area contributed by atoms with E-state index in [1.165, 1.54) is 14.0 Å². The normalized spacial score (nSPS) is 21.2. The van der Waals surface area contributed by atoms with Crippen LogP contribution >= 0.6 is 0 Å². The predicted octanol–water partition coefficient (Wildman–Crippen LogP) is -0.0727. The molecule has 2 rings (SSSR count). The molecule has 0 bridgehead atoms. The quantitative estimate of drug-likeness (QED) is 0.613. The Hall–Kier alpha value is -1.68. The third-order valence-electron chi connectivity index (χ3n) is 5.07. The fraction of sp³-hybridized carbons (Fsp3) is 0.812. The highest BCUT2D eigenvalue weighted by Crippen LogP contribution is 2.28. The molecule has 1 aliphatic heterocycles. The van der Waals surface area contributed by atoms with Crippen LogP contribution in [-0.4, -0.2) is 56.7 Å². The number of nitrogens with zero attached hydrogens (tertiary/aromatic N) is 1. The summed E-state index contributed by atoms with van der Waals surface area (Å²) in [5.74, 6) is -1.81. The third kappa shape index (κ3) is 5.16. The summed E-state index contributed by atoms with van der Waals surface area (Å²) in [6, 6.07) is -0.850. The molecule has 0 spiro atoms. The summed E-state index contributed by atoms with van der Waals surface area (Å²) >= 11 is 0. The van der Waals surface area contributed by atoms with Crippen molar-refractivity contribution in [2.45, 2.75) is 51.5 Å². The minimum atomic E-state index is -4.02. The van der Waals surface area contributed by atoms with Crippen LogP contribution in [0.1, 0.15) is 45.4 Å². The summed E-state index contributed by atoms with van der Waals surface area (Å²) in [5.41, 5.74) is 0. The summed E-state index contributed by atoms with van der Waals surface area (Å²) in [4.78, 5) is 35.5. The number of methoxy groups -OCH3 is 1. The minimum absolute atomic E-state index is 0.0563. The van der Waals surface area contributed by atoms with Crippen molar-refractivity contribution >= 4 is 28.0 Å². The maximum atomic E-state index is 12.5. The van der Waals surface area contributed by atoms with Gasteiger partial charge in [0.15, 0.2) is 0 Å². The Kier molecular flexibility index (Phi) is 6.99. The van der Waals surface area contributed by atoms with Gasteiger partial charge >= 0.3 is 16.2 Å². The number of carbonyl (C=O) groups is 3. The summed E-state index contributed by atoms with van der Waals surface area (Å²) in [5, 5.41) is 2.58. The number of carbonyl (C=O) groups excluding carboxylic acids is 3. The summed E-state index contributed by atoms with van der Waals surface area (Å²) in [6.45, 7) is 1.58. The van der Waals surface area contributed by atoms with Crippen molar-refractivity contribution in [3.05, 3.63) is 0 Å². The van der Waals surface area contributed by atoms with Crippen molar-refractivity contribution in [3.63, 3.8) is 0 Å². The molecule has 2 fully saturated rings. The molecule has 0 radical (unpaired) electrons. The van der Waals surface area contributed by atoms with E-state index >= 15 is 0 Å². The van der Waals surface area contributed by atoms with Gasteiger partial charge in [-0.3, -0.25) is 14.4 Å². The van der Waals surface area contributed by atoms with Gasteiger partial charge in [0.05, 0.1) is 13.0 Å². The molecule has 0 aromatic heterocycles. The van der Waals surface area contributed by atoms with Gasteiger partial charge < -0.3 is 10.1 Å². The number of ether oxygens (including phenoxy) is 1. The smallest absolute Gasteiger partial charge is 0.308 e. The second kappa shape index (κ2) is 8.81. The van der Waals surface area contributed by atoms with Crippen LogP contribution < -0.4 is 10.0 Å². The van der Waals surface area contributed by atoms with Gasteiger partial charge in [-0.2, -0.15) is 12.7 Å². The molecule has 1 unspecified atom stereocenters. The second-order valence-electron chi connectivity index (χ2n) is 6.89. The molecular weight excluding hydrogens is 362 g/mol. The lowest BCUT2D eigenvalue weighted by molar-refractivity contribution is -0.146. The number of rotatable bonds is 6. The van der Waals surface area contributed by atoms with Crippen LogP contribution in [0.4, 0.5) is 0 Å². The molecule has 1 saturated carbocycles. The molecular formula is C16H27N3O6S. The van der Waals surface area contributed by atoms with Crippen LogP contribution in [0.5, 0.6) is 0 Å². The van der Waals surface area contributed by atoms with Gasteiger partial charge in [-0.05, 0) is 31.6 Å². The van der Waals surface area contributed by atoms with Crippen LogP contribution in [0.15, 0.2) is 0 Å². The zero-order valence-electron chi connectivity index (χ0n) is 15.2. The number of hydrogen-bond donors (Lipinski definition) is 2. The van der Waals surface area contributed by atoms with Crippen molar-refractivity contribution < 1.29 is 27.5 Å². The van der Waals surface area contributed by atoms with E-state index in [0.29, 0.717) is 12.8 Å². The Morgan fingerprint density at radius 2 is 1.65 bits per heavy atom. The maximum Gasteiger partial charge on any atom is 0.308 e. The average Bonchev–Trinajstić information content (AvgIpc) is 3.12. The molecule has 1 heterocycles. The number of amides is 2. The highest BCUT2D eigenvalue weighted by molar-refractivity contribution is 7.87. The van der Waals surface area contributed by atoms with Crippen LogP contribution in [0.3, 0.4) is 0 Å². The fourth-order valence-corrected chi connectivity index (χ4v) is 4.86. The van der Waals surface area contributed by atoms with E-state index in [2.05, 4.69) is 14.8 Å². The Balaban J connectivity index is 1.99. The van der Waals surface area contributed by atoms with Gasteiger partial charge in [0.2, 0.25) is 5.91 Å². The molecule has 26 heavy (non-hydrogen) atoms. The molecule has 2 amide bonds. The molecule has 2 N–H and O–H groups in total. The SMILES string of the molecule is COC(=O)C1CCN(S(=O)(=O)NC(=O)C(NC(C)=O)C2CCCC2)CC1. The molecule has 1 saturated heterocycles. The molecule has 148 valence electrons. The van der Waals surface area contributed by atoms with Crippen LogP contribution in [-0.2, 0) is 29.3 Å². The Morgan fingerprint density at radius 3 is 2.15 bits per heavy atom. The molecule has 2 aliphatic rings. The van der Waals surface area contributed by atoms with E-state index in [0.717, 1.165) is 30.0 Å². The number of piperidine rings is 1. The number of hydrogen-bond acceptors (Lipinski definition) is 6. The number of esters is 1. The van der Waals surface area contributed by atoms with E-state index < -0.39 is 22.2 Å². The Labute approximate surface area is 154 Å². The van der Waals surface area contributed by atoms with Crippen LogP contribution in [0, 0.1) is 11.8 Å². The molecule has 1 atom stereocenters. The lowest BCUT2D eigenvalue weighted by Gasteiger charge is -2.31. The highest BCUT2D eigenvalue weighted by Gasteiger charge is 2.36. The topological polar surface area (TPSA) is 122 Å². The zero-order valence-corrected chi connectivity index (χ0v) is 16.0. The van der Waals surface area contributed by atoms with Gasteiger partial charge in [0, 0.05) is 20.0 Å². The summed E-state index contributed by atoms with van der Waals surface area (Å²) < 4.78 is 33.0. The van der Waals surface area contributed by atoms with Gasteiger partial charge in [-0.15, -0.1) is 0 Å². The fourth-order valence-electron chi connectivity index (χ4n) is 3.66. The van der Waals surface area contributed by atoms with Crippen molar-refractivity contribution in [3.8, 4) is 0 Å². The third-order valence-corrected chi connectivity index (χ3v) is 6.57. The first-order valence-electron chi connectivity index (χ1n) is 8.91. The largest absolute Gasteiger partial charge is 0.469 e. The van der Waals surface area contributed by atoms with E-state index in [9.17, 15) is 22.8 Å². The number of nitrogens with one attached hydrogen (secondary N) is 2. The standard InChI is InChI=1S/C16H27N3O6S/c1-11(20)17-14(12-5-3-4-6-12)15(21)18-26(23,24)19-9-7-13(8-10-19)16(22)25-2/h12-14H,3-10H2,1-2H3,(H,17,20)(H,18,21). The van der Waals surface area contributed by atoms with E-state index in [-0.39, 0.29) is 36.8 Å². The maximum absolute atomic E-state index is 12.5. The summed E-state index contributed by atoms with van der Waals surface area (Å²) in [7, 11) is -2.72. The van der Waals surface area contributed by atoms with Crippen molar-refractivity contribution in [1.82, 2.24) is 14.3 Å². The van der Waals surface area contributed by atoms with E-state index in [4.69, 9.17) is 0 Å². The van der Waals surface area contributed by atoms with Gasteiger partial charge in [-0.1, -0.05) is 12.8 Å². The average molecular weight is 389 g/mol. The Morgan fingerprint density at radius 1 is 1.08 bits per heavy atom. The molecule has 0 aromatic rings. The van der Waals surface area contributed by atoms with E-state index in [1.54, 1.807) is 0 Å². The minimum Gasteiger partial charge on any atom is -0.469 e. The van der Waals surface area contributed by atoms with Crippen LogP contribution in [0.2, 0.25) is 0 Å². The lowest BCUT2D eigenvalue weighted by atomic mass is 9.97. The molecule has 1 aliphatic carbocycles.